The first-order valence-electron chi connectivity index (χ1n) is 17.1. The van der Waals surface area contributed by atoms with Crippen LogP contribution in [0.3, 0.4) is 0 Å². The number of rotatable bonds is 27. The average Bonchev–Trinajstić information content (AvgIpc) is 3.48. The van der Waals surface area contributed by atoms with E-state index in [1.54, 1.807) is 10.9 Å². The number of nitrogens with two attached hydrogens (primary N) is 1. The minimum Gasteiger partial charge on any atom is -0.479 e. The fourth-order valence-electron chi connectivity index (χ4n) is 5.25. The largest absolute Gasteiger partial charge is 0.479 e. The van der Waals surface area contributed by atoms with Crippen molar-refractivity contribution in [1.82, 2.24) is 19.5 Å². The van der Waals surface area contributed by atoms with Gasteiger partial charge >= 0.3 is 0 Å². The highest BCUT2D eigenvalue weighted by Crippen LogP contribution is 2.55. The number of nitrogen functional groups attached to an aromatic ring is 1. The van der Waals surface area contributed by atoms with Crippen LogP contribution in [0.15, 0.2) is 48.6 Å². The maximum atomic E-state index is 14.0. The number of anilines is 1. The molecule has 10 nitrogen and oxygen atoms in total. The molecule has 0 saturated heterocycles. The van der Waals surface area contributed by atoms with Gasteiger partial charge in [0.1, 0.15) is 6.35 Å². The molecule has 0 aliphatic heterocycles. The quantitative estimate of drug-likeness (QED) is 0.0632. The first-order chi connectivity index (χ1) is 22.5. The molecule has 1 unspecified atom stereocenters. The second kappa shape index (κ2) is 21.9. The van der Waals surface area contributed by atoms with Crippen LogP contribution in [0.25, 0.3) is 11.2 Å². The first kappa shape index (κ1) is 37.7. The topological polar surface area (TPSA) is 124 Å². The summed E-state index contributed by atoms with van der Waals surface area (Å²) in [7, 11) is -1.87. The van der Waals surface area contributed by atoms with Crippen molar-refractivity contribution in [3.05, 3.63) is 54.1 Å². The summed E-state index contributed by atoms with van der Waals surface area (Å²) in [4.78, 5) is 12.7. The Balaban J connectivity index is 1.35. The van der Waals surface area contributed by atoms with Crippen LogP contribution >= 0.6 is 7.37 Å². The van der Waals surface area contributed by atoms with Crippen molar-refractivity contribution in [2.75, 3.05) is 39.0 Å². The van der Waals surface area contributed by atoms with Crippen LogP contribution in [0.4, 0.5) is 5.95 Å². The Bertz CT molecular complexity index is 1320. The van der Waals surface area contributed by atoms with E-state index in [2.05, 4.69) is 28.5 Å². The highest BCUT2D eigenvalue weighted by atomic mass is 31.2. The molecule has 0 aliphatic rings. The number of hydrogen-bond donors (Lipinski definition) is 1. The molecule has 1 atom stereocenters. The van der Waals surface area contributed by atoms with E-state index in [9.17, 15) is 4.57 Å². The summed E-state index contributed by atoms with van der Waals surface area (Å²) < 4.78 is 38.8. The van der Waals surface area contributed by atoms with E-state index in [1.165, 1.54) is 84.2 Å². The van der Waals surface area contributed by atoms with Crippen molar-refractivity contribution in [1.29, 1.82) is 0 Å². The van der Waals surface area contributed by atoms with Gasteiger partial charge in [0.25, 0.3) is 7.37 Å². The lowest BCUT2D eigenvalue weighted by molar-refractivity contribution is 0.142. The van der Waals surface area contributed by atoms with E-state index in [1.807, 2.05) is 30.3 Å². The molecule has 256 valence electrons. The minimum atomic E-state index is -3.37. The Morgan fingerprint density at radius 2 is 1.50 bits per heavy atom. The van der Waals surface area contributed by atoms with Crippen molar-refractivity contribution in [2.45, 2.75) is 110 Å². The highest BCUT2D eigenvalue weighted by Gasteiger charge is 2.28. The Kier molecular flexibility index (Phi) is 17.9. The van der Waals surface area contributed by atoms with Crippen LogP contribution in [0.1, 0.15) is 102 Å². The van der Waals surface area contributed by atoms with Gasteiger partial charge in [-0.05, 0) is 12.0 Å². The average molecular weight is 658 g/mol. The predicted molar refractivity (Wildman–Crippen MR) is 186 cm³/mol. The van der Waals surface area contributed by atoms with Gasteiger partial charge in [-0.3, -0.25) is 4.57 Å². The van der Waals surface area contributed by atoms with Crippen LogP contribution in [0, 0.1) is 0 Å². The second-order valence-corrected chi connectivity index (χ2v) is 14.4. The number of imidazole rings is 1. The maximum absolute atomic E-state index is 14.0. The van der Waals surface area contributed by atoms with E-state index in [-0.39, 0.29) is 32.1 Å². The van der Waals surface area contributed by atoms with Crippen LogP contribution < -0.4 is 10.5 Å². The summed E-state index contributed by atoms with van der Waals surface area (Å²) in [6, 6.07) is 9.66. The summed E-state index contributed by atoms with van der Waals surface area (Å²) in [5.74, 6) is 0.405. The molecule has 2 aromatic heterocycles. The Morgan fingerprint density at radius 1 is 0.870 bits per heavy atom. The van der Waals surface area contributed by atoms with Crippen LogP contribution in [-0.2, 0) is 31.7 Å². The summed E-state index contributed by atoms with van der Waals surface area (Å²) in [5, 5.41) is 0.423. The van der Waals surface area contributed by atoms with Crippen LogP contribution in [0.5, 0.6) is 5.88 Å². The second-order valence-electron chi connectivity index (χ2n) is 11.9. The van der Waals surface area contributed by atoms with E-state index in [4.69, 9.17) is 24.5 Å². The van der Waals surface area contributed by atoms with E-state index >= 15 is 0 Å². The Morgan fingerprint density at radius 3 is 2.13 bits per heavy atom. The molecule has 0 bridgehead atoms. The smallest absolute Gasteiger partial charge is 0.255 e. The van der Waals surface area contributed by atoms with Crippen molar-refractivity contribution < 1.29 is 23.3 Å². The van der Waals surface area contributed by atoms with Crippen molar-refractivity contribution in [3.8, 4) is 5.88 Å². The molecule has 11 heteroatoms. The van der Waals surface area contributed by atoms with E-state index in [0.29, 0.717) is 35.5 Å². The normalized spacial score (nSPS) is 12.8. The van der Waals surface area contributed by atoms with Crippen LogP contribution in [-0.4, -0.2) is 52.8 Å². The van der Waals surface area contributed by atoms with Crippen LogP contribution in [0.2, 0.25) is 0 Å². The first-order valence-corrected chi connectivity index (χ1v) is 18.9. The molecule has 1 aromatic carbocycles. The molecule has 3 rings (SSSR count). The van der Waals surface area contributed by atoms with Crippen molar-refractivity contribution >= 4 is 24.5 Å². The fourth-order valence-corrected chi connectivity index (χ4v) is 6.70. The standard InChI is InChI=1S/C35H56N5O5P/c1-4-5-6-7-8-9-10-11-12-13-14-15-16-20-24-43-26-30(2)46(41,45-27-31-21-18-17-19-22-31)29-44-25-23-40-28-37-32-33(40)38-35(36)39-34(32)42-3/h17-19,21-22,28H,2,4-16,20,23-27,29H2,1,3H3,(H2,36,38,39). The number of benzene rings is 1. The maximum Gasteiger partial charge on any atom is 0.255 e. The molecule has 0 radical (unpaired) electrons. The Labute approximate surface area is 275 Å². The molecule has 0 aliphatic carbocycles. The summed E-state index contributed by atoms with van der Waals surface area (Å²) in [5.41, 5.74) is 7.80. The zero-order valence-corrected chi connectivity index (χ0v) is 29.1. The minimum absolute atomic E-state index is 0.0937. The van der Waals surface area contributed by atoms with Gasteiger partial charge in [-0.2, -0.15) is 9.97 Å². The van der Waals surface area contributed by atoms with Gasteiger partial charge in [0.2, 0.25) is 11.8 Å². The summed E-state index contributed by atoms with van der Waals surface area (Å²) >= 11 is 0. The number of fused-ring (bicyclic) bond motifs is 1. The fraction of sp³-hybridized carbons (Fsp3) is 0.629. The lowest BCUT2D eigenvalue weighted by Gasteiger charge is -2.21. The third kappa shape index (κ3) is 13.5. The molecule has 0 spiro atoms. The van der Waals surface area contributed by atoms with Gasteiger partial charge in [0.05, 0.1) is 33.3 Å². The summed E-state index contributed by atoms with van der Waals surface area (Å²) in [6.45, 7) is 8.01. The number of hydrogen-bond acceptors (Lipinski definition) is 9. The zero-order chi connectivity index (χ0) is 32.9. The lowest BCUT2D eigenvalue weighted by Crippen LogP contribution is -2.11. The molecule has 0 amide bonds. The molecule has 2 heterocycles. The number of unbranched alkanes of at least 4 members (excludes halogenated alkanes) is 13. The number of aromatic nitrogens is 4. The van der Waals surface area contributed by atoms with Gasteiger partial charge in [-0.25, -0.2) is 4.98 Å². The Hall–Kier alpha value is -2.78. The molecule has 46 heavy (non-hydrogen) atoms. The predicted octanol–water partition coefficient (Wildman–Crippen LogP) is 8.90. The van der Waals surface area contributed by atoms with Gasteiger partial charge in [0.15, 0.2) is 11.2 Å². The SMILES string of the molecule is C=C(COCCCCCCCCCCCCCCCC)P(=O)(COCCn1cnc2c(OC)nc(N)nc21)OCc1ccccc1. The number of methoxy groups -OCH3 is 1. The van der Waals surface area contributed by atoms with Crippen molar-refractivity contribution in [3.63, 3.8) is 0 Å². The molecule has 2 N–H and O–H groups in total. The van der Waals surface area contributed by atoms with Gasteiger partial charge in [0, 0.05) is 18.5 Å². The summed E-state index contributed by atoms with van der Waals surface area (Å²) in [6.07, 6.45) is 19.9. The van der Waals surface area contributed by atoms with Gasteiger partial charge in [-0.1, -0.05) is 127 Å². The third-order valence-electron chi connectivity index (χ3n) is 8.06. The lowest BCUT2D eigenvalue weighted by atomic mass is 10.0. The monoisotopic (exact) mass is 657 g/mol. The molecular weight excluding hydrogens is 601 g/mol. The number of nitrogens with zero attached hydrogens (tertiary/aromatic N) is 4. The van der Waals surface area contributed by atoms with Gasteiger partial charge in [-0.15, -0.1) is 0 Å². The van der Waals surface area contributed by atoms with Crippen molar-refractivity contribution in [2.24, 2.45) is 0 Å². The zero-order valence-electron chi connectivity index (χ0n) is 28.2. The molecule has 0 saturated carbocycles. The number of ether oxygens (including phenoxy) is 3. The van der Waals surface area contributed by atoms with Gasteiger partial charge < -0.3 is 29.0 Å². The third-order valence-corrected chi connectivity index (χ3v) is 10.2. The highest BCUT2D eigenvalue weighted by molar-refractivity contribution is 7.63. The molecule has 3 aromatic rings. The van der Waals surface area contributed by atoms with E-state index < -0.39 is 7.37 Å². The molecule has 0 fully saturated rings. The molecular formula is C35H56N5O5P. The van der Waals surface area contributed by atoms with E-state index in [0.717, 1.165) is 18.4 Å².